The zero-order valence-electron chi connectivity index (χ0n) is 12.3. The molecule has 0 amide bonds. The summed E-state index contributed by atoms with van der Waals surface area (Å²) in [7, 11) is 0. The van der Waals surface area contributed by atoms with Crippen LogP contribution in [0.15, 0.2) is 24.3 Å². The molecule has 104 valence electrons. The Labute approximate surface area is 117 Å². The zero-order valence-corrected chi connectivity index (χ0v) is 12.3. The van der Waals surface area contributed by atoms with Crippen LogP contribution in [0.5, 0.6) is 0 Å². The van der Waals surface area contributed by atoms with Crippen LogP contribution >= 0.6 is 0 Å². The summed E-state index contributed by atoms with van der Waals surface area (Å²) >= 11 is 0. The molecule has 0 bridgehead atoms. The van der Waals surface area contributed by atoms with Crippen molar-refractivity contribution in [2.45, 2.75) is 39.2 Å². The van der Waals surface area contributed by atoms with Crippen molar-refractivity contribution in [1.29, 1.82) is 0 Å². The van der Waals surface area contributed by atoms with Gasteiger partial charge in [-0.2, -0.15) is 0 Å². The fourth-order valence-corrected chi connectivity index (χ4v) is 3.40. The number of piperidine rings is 1. The number of fused-ring (bicyclic) bond motifs is 1. The Hall–Kier alpha value is -0.860. The Morgan fingerprint density at radius 2 is 1.95 bits per heavy atom. The van der Waals surface area contributed by atoms with Gasteiger partial charge in [-0.1, -0.05) is 38.1 Å². The van der Waals surface area contributed by atoms with Crippen LogP contribution in [-0.2, 0) is 6.54 Å². The third kappa shape index (κ3) is 3.01. The molecule has 19 heavy (non-hydrogen) atoms. The second-order valence-corrected chi connectivity index (χ2v) is 6.99. The van der Waals surface area contributed by atoms with Gasteiger partial charge < -0.3 is 10.2 Å². The second-order valence-electron chi connectivity index (χ2n) is 6.99. The van der Waals surface area contributed by atoms with E-state index in [4.69, 9.17) is 0 Å². The minimum absolute atomic E-state index is 0.555. The average Bonchev–Trinajstić information content (AvgIpc) is 2.42. The third-order valence-corrected chi connectivity index (χ3v) is 4.89. The molecule has 1 aromatic carbocycles. The number of nitrogens with one attached hydrogen (secondary N) is 1. The molecule has 3 rings (SSSR count). The highest BCUT2D eigenvalue weighted by molar-refractivity contribution is 5.32. The molecular weight excluding hydrogens is 232 g/mol. The highest BCUT2D eigenvalue weighted by atomic mass is 15.1. The first-order chi connectivity index (χ1) is 9.14. The van der Waals surface area contributed by atoms with Gasteiger partial charge in [-0.05, 0) is 42.5 Å². The number of hydrogen-bond acceptors (Lipinski definition) is 2. The summed E-state index contributed by atoms with van der Waals surface area (Å²) in [6, 6.07) is 8.95. The van der Waals surface area contributed by atoms with Gasteiger partial charge >= 0.3 is 0 Å². The molecule has 2 nitrogen and oxygen atoms in total. The Kier molecular flexibility index (Phi) is 3.64. The van der Waals surface area contributed by atoms with Gasteiger partial charge in [0.05, 0.1) is 0 Å². The lowest BCUT2D eigenvalue weighted by Crippen LogP contribution is -2.42. The first-order valence-electron chi connectivity index (χ1n) is 7.65. The van der Waals surface area contributed by atoms with E-state index < -0.39 is 0 Å². The lowest BCUT2D eigenvalue weighted by atomic mass is 9.82. The van der Waals surface area contributed by atoms with Crippen molar-refractivity contribution in [2.75, 3.05) is 26.2 Å². The summed E-state index contributed by atoms with van der Waals surface area (Å²) in [6.07, 6.45) is 2.68. The van der Waals surface area contributed by atoms with E-state index in [0.29, 0.717) is 11.3 Å². The van der Waals surface area contributed by atoms with E-state index in [1.54, 1.807) is 5.56 Å². The van der Waals surface area contributed by atoms with Gasteiger partial charge in [-0.15, -0.1) is 0 Å². The van der Waals surface area contributed by atoms with E-state index in [-0.39, 0.29) is 0 Å². The topological polar surface area (TPSA) is 15.3 Å². The van der Waals surface area contributed by atoms with E-state index in [2.05, 4.69) is 48.3 Å². The second kappa shape index (κ2) is 5.26. The maximum Gasteiger partial charge on any atom is 0.0208 e. The van der Waals surface area contributed by atoms with Crippen molar-refractivity contribution in [1.82, 2.24) is 10.2 Å². The summed E-state index contributed by atoms with van der Waals surface area (Å²) in [6.45, 7) is 10.7. The molecule has 0 radical (unpaired) electrons. The van der Waals surface area contributed by atoms with Crippen LogP contribution in [0, 0.1) is 5.41 Å². The highest BCUT2D eigenvalue weighted by Crippen LogP contribution is 2.31. The minimum atomic E-state index is 0.555. The molecule has 1 fully saturated rings. The fourth-order valence-electron chi connectivity index (χ4n) is 3.40. The maximum absolute atomic E-state index is 3.57. The number of hydrogen-bond donors (Lipinski definition) is 1. The molecule has 1 aromatic rings. The molecule has 2 heteroatoms. The molecular formula is C17H26N2. The van der Waals surface area contributed by atoms with E-state index in [1.807, 2.05) is 0 Å². The van der Waals surface area contributed by atoms with Crippen LogP contribution in [0.2, 0.25) is 0 Å². The smallest absolute Gasteiger partial charge is 0.0208 e. The fraction of sp³-hybridized carbons (Fsp3) is 0.647. The van der Waals surface area contributed by atoms with Gasteiger partial charge in [0.2, 0.25) is 0 Å². The van der Waals surface area contributed by atoms with Crippen LogP contribution in [0.25, 0.3) is 0 Å². The van der Waals surface area contributed by atoms with E-state index in [9.17, 15) is 0 Å². The van der Waals surface area contributed by atoms with Crippen molar-refractivity contribution in [3.8, 4) is 0 Å². The van der Waals surface area contributed by atoms with Gasteiger partial charge in [-0.25, -0.2) is 0 Å². The minimum Gasteiger partial charge on any atom is -0.312 e. The lowest BCUT2D eigenvalue weighted by molar-refractivity contribution is 0.125. The largest absolute Gasteiger partial charge is 0.312 e. The molecule has 2 aliphatic rings. The van der Waals surface area contributed by atoms with Crippen LogP contribution < -0.4 is 5.32 Å². The Bertz CT molecular complexity index is 429. The molecule has 2 aliphatic heterocycles. The molecule has 1 N–H and O–H groups in total. The standard InChI is InChI=1S/C17H26N2/c1-17(2)7-9-19(10-8-17)13-15-12-18-11-14-5-3-4-6-16(14)15/h3-6,15,18H,7-13H2,1-2H3. The van der Waals surface area contributed by atoms with Crippen molar-refractivity contribution in [3.05, 3.63) is 35.4 Å². The molecule has 2 heterocycles. The quantitative estimate of drug-likeness (QED) is 0.877. The van der Waals surface area contributed by atoms with Crippen LogP contribution in [-0.4, -0.2) is 31.1 Å². The average molecular weight is 258 g/mol. The summed E-state index contributed by atoms with van der Waals surface area (Å²) in [5, 5.41) is 3.57. The Morgan fingerprint density at radius 3 is 2.74 bits per heavy atom. The van der Waals surface area contributed by atoms with Crippen LogP contribution in [0.3, 0.4) is 0 Å². The SMILES string of the molecule is CC1(C)CCN(CC2CNCc3ccccc32)CC1. The van der Waals surface area contributed by atoms with E-state index >= 15 is 0 Å². The van der Waals surface area contributed by atoms with Crippen LogP contribution in [0.1, 0.15) is 43.7 Å². The van der Waals surface area contributed by atoms with Crippen LogP contribution in [0.4, 0.5) is 0 Å². The van der Waals surface area contributed by atoms with E-state index in [0.717, 1.165) is 13.1 Å². The molecule has 0 spiro atoms. The molecule has 1 unspecified atom stereocenters. The number of benzene rings is 1. The van der Waals surface area contributed by atoms with E-state index in [1.165, 1.54) is 38.0 Å². The maximum atomic E-state index is 3.57. The summed E-state index contributed by atoms with van der Waals surface area (Å²) in [5.41, 5.74) is 3.63. The van der Waals surface area contributed by atoms with Gasteiger partial charge in [0, 0.05) is 25.6 Å². The lowest BCUT2D eigenvalue weighted by Gasteiger charge is -2.39. The third-order valence-electron chi connectivity index (χ3n) is 4.89. The molecule has 1 atom stereocenters. The Balaban J connectivity index is 1.65. The van der Waals surface area contributed by atoms with Crippen molar-refractivity contribution in [2.24, 2.45) is 5.41 Å². The number of nitrogens with zero attached hydrogens (tertiary/aromatic N) is 1. The van der Waals surface area contributed by atoms with Gasteiger partial charge in [0.15, 0.2) is 0 Å². The normalized spacial score (nSPS) is 26.9. The molecule has 1 saturated heterocycles. The summed E-state index contributed by atoms with van der Waals surface area (Å²) in [5.74, 6) is 0.672. The summed E-state index contributed by atoms with van der Waals surface area (Å²) < 4.78 is 0. The monoisotopic (exact) mass is 258 g/mol. The van der Waals surface area contributed by atoms with Crippen molar-refractivity contribution in [3.63, 3.8) is 0 Å². The highest BCUT2D eigenvalue weighted by Gasteiger charge is 2.28. The first-order valence-corrected chi connectivity index (χ1v) is 7.65. The van der Waals surface area contributed by atoms with Gasteiger partial charge in [0.1, 0.15) is 0 Å². The summed E-state index contributed by atoms with van der Waals surface area (Å²) in [4.78, 5) is 2.67. The molecule has 0 aliphatic carbocycles. The number of likely N-dealkylation sites (tertiary alicyclic amines) is 1. The number of rotatable bonds is 2. The predicted octanol–water partition coefficient (Wildman–Crippen LogP) is 3.00. The van der Waals surface area contributed by atoms with Gasteiger partial charge in [-0.3, -0.25) is 0 Å². The van der Waals surface area contributed by atoms with Crippen molar-refractivity contribution >= 4 is 0 Å². The predicted molar refractivity (Wildman–Crippen MR) is 80.3 cm³/mol. The van der Waals surface area contributed by atoms with Crippen molar-refractivity contribution < 1.29 is 0 Å². The first kappa shape index (κ1) is 13.1. The van der Waals surface area contributed by atoms with Gasteiger partial charge in [0.25, 0.3) is 0 Å². The molecule has 0 saturated carbocycles. The Morgan fingerprint density at radius 1 is 1.21 bits per heavy atom. The zero-order chi connectivity index (χ0) is 13.3. The molecule has 0 aromatic heterocycles.